The summed E-state index contributed by atoms with van der Waals surface area (Å²) in [6, 6.07) is 10.6. The molecule has 3 rings (SSSR count). The topological polar surface area (TPSA) is 85.2 Å². The molecule has 0 aliphatic rings. The maximum atomic E-state index is 13.7. The lowest BCUT2D eigenvalue weighted by molar-refractivity contribution is -0.143. The van der Waals surface area contributed by atoms with Gasteiger partial charge in [0.05, 0.1) is 36.8 Å². The first-order valence-corrected chi connectivity index (χ1v) is 9.62. The summed E-state index contributed by atoms with van der Waals surface area (Å²) in [7, 11) is 1.43. The van der Waals surface area contributed by atoms with Crippen LogP contribution in [0.25, 0.3) is 5.69 Å². The van der Waals surface area contributed by atoms with Crippen molar-refractivity contribution in [2.24, 2.45) is 0 Å². The van der Waals surface area contributed by atoms with Crippen molar-refractivity contribution in [1.82, 2.24) is 15.1 Å². The molecule has 0 spiro atoms. The van der Waals surface area contributed by atoms with Crippen LogP contribution < -0.4 is 15.4 Å². The van der Waals surface area contributed by atoms with Crippen LogP contribution in [0.15, 0.2) is 48.7 Å². The van der Waals surface area contributed by atoms with Gasteiger partial charge >= 0.3 is 6.18 Å². The van der Waals surface area contributed by atoms with E-state index in [1.165, 1.54) is 31.4 Å². The van der Waals surface area contributed by atoms with Crippen LogP contribution in [0.3, 0.4) is 0 Å². The second kappa shape index (κ2) is 9.31. The van der Waals surface area contributed by atoms with E-state index in [1.807, 2.05) is 6.92 Å². The Balaban J connectivity index is 1.77. The van der Waals surface area contributed by atoms with Crippen LogP contribution in [0.4, 0.5) is 18.9 Å². The number of methoxy groups -OCH3 is 1. The number of amides is 2. The first-order valence-electron chi connectivity index (χ1n) is 9.24. The van der Waals surface area contributed by atoms with E-state index >= 15 is 0 Å². The standard InChI is InChI=1S/C21H18ClF3N4O3/c1-12-3-8-17(32-2)16(9-12)28-18(30)11-26-20(31)15-10-27-29(19(15)21(23,24)25)14-6-4-13(22)5-7-14/h3-10H,11H2,1-2H3,(H,26,31)(H,28,30). The average molecular weight is 467 g/mol. The number of hydrogen-bond donors (Lipinski definition) is 2. The monoisotopic (exact) mass is 466 g/mol. The van der Waals surface area contributed by atoms with Gasteiger partial charge in [-0.25, -0.2) is 4.68 Å². The third kappa shape index (κ3) is 5.20. The third-order valence-corrected chi connectivity index (χ3v) is 4.64. The number of nitrogens with one attached hydrogen (secondary N) is 2. The summed E-state index contributed by atoms with van der Waals surface area (Å²) in [5.74, 6) is -1.33. The van der Waals surface area contributed by atoms with Gasteiger partial charge in [0.25, 0.3) is 5.91 Å². The van der Waals surface area contributed by atoms with Crippen LogP contribution in [0.1, 0.15) is 21.6 Å². The number of nitrogens with zero attached hydrogens (tertiary/aromatic N) is 2. The Morgan fingerprint density at radius 2 is 1.84 bits per heavy atom. The average Bonchev–Trinajstić information content (AvgIpc) is 3.19. The normalized spacial score (nSPS) is 11.2. The molecule has 1 aromatic heterocycles. The molecule has 1 heterocycles. The molecule has 0 saturated heterocycles. The molecule has 0 fully saturated rings. The molecule has 3 aromatic rings. The van der Waals surface area contributed by atoms with Gasteiger partial charge in [0.15, 0.2) is 5.69 Å². The van der Waals surface area contributed by atoms with E-state index in [0.717, 1.165) is 11.8 Å². The number of alkyl halides is 3. The fourth-order valence-corrected chi connectivity index (χ4v) is 3.06. The Bertz CT molecular complexity index is 1140. The highest BCUT2D eigenvalue weighted by Crippen LogP contribution is 2.34. The summed E-state index contributed by atoms with van der Waals surface area (Å²) in [5.41, 5.74) is -0.676. The summed E-state index contributed by atoms with van der Waals surface area (Å²) in [6.45, 7) is 1.26. The van der Waals surface area contributed by atoms with Gasteiger partial charge in [0.2, 0.25) is 5.91 Å². The van der Waals surface area contributed by atoms with Crippen molar-refractivity contribution in [3.05, 3.63) is 70.5 Å². The summed E-state index contributed by atoms with van der Waals surface area (Å²) in [6.07, 6.45) is -4.08. The van der Waals surface area contributed by atoms with Gasteiger partial charge in [-0.05, 0) is 48.9 Å². The Morgan fingerprint density at radius 1 is 1.16 bits per heavy atom. The maximum Gasteiger partial charge on any atom is 0.434 e. The zero-order valence-corrected chi connectivity index (χ0v) is 17.7. The van der Waals surface area contributed by atoms with Gasteiger partial charge in [-0.1, -0.05) is 17.7 Å². The molecule has 0 atom stereocenters. The van der Waals surface area contributed by atoms with Crippen molar-refractivity contribution in [3.63, 3.8) is 0 Å². The fourth-order valence-electron chi connectivity index (χ4n) is 2.94. The number of benzene rings is 2. The highest BCUT2D eigenvalue weighted by atomic mass is 35.5. The van der Waals surface area contributed by atoms with Crippen molar-refractivity contribution >= 4 is 29.1 Å². The molecule has 2 aromatic carbocycles. The number of carbonyl (C=O) groups is 2. The number of ether oxygens (including phenoxy) is 1. The first-order chi connectivity index (χ1) is 15.1. The molecule has 0 aliphatic carbocycles. The minimum atomic E-state index is -4.88. The number of halogens is 4. The van der Waals surface area contributed by atoms with E-state index < -0.39 is 35.8 Å². The zero-order valence-electron chi connectivity index (χ0n) is 17.0. The number of aryl methyl sites for hydroxylation is 1. The lowest BCUT2D eigenvalue weighted by atomic mass is 10.2. The maximum absolute atomic E-state index is 13.7. The highest BCUT2D eigenvalue weighted by Gasteiger charge is 2.40. The van der Waals surface area contributed by atoms with Crippen LogP contribution in [0.5, 0.6) is 5.75 Å². The predicted molar refractivity (Wildman–Crippen MR) is 112 cm³/mol. The van der Waals surface area contributed by atoms with E-state index in [-0.39, 0.29) is 5.69 Å². The van der Waals surface area contributed by atoms with Gasteiger partial charge in [0.1, 0.15) is 5.75 Å². The smallest absolute Gasteiger partial charge is 0.434 e. The second-order valence-corrected chi connectivity index (χ2v) is 7.16. The van der Waals surface area contributed by atoms with Crippen LogP contribution >= 0.6 is 11.6 Å². The van der Waals surface area contributed by atoms with Crippen LogP contribution in [-0.4, -0.2) is 35.2 Å². The Labute approximate surface area is 186 Å². The molecule has 0 bridgehead atoms. The lowest BCUT2D eigenvalue weighted by Crippen LogP contribution is -2.34. The molecule has 11 heteroatoms. The number of hydrogen-bond acceptors (Lipinski definition) is 4. The Morgan fingerprint density at radius 3 is 2.47 bits per heavy atom. The van der Waals surface area contributed by atoms with E-state index in [1.54, 1.807) is 18.2 Å². The third-order valence-electron chi connectivity index (χ3n) is 4.39. The largest absolute Gasteiger partial charge is 0.495 e. The van der Waals surface area contributed by atoms with Crippen LogP contribution in [0, 0.1) is 6.92 Å². The number of carbonyl (C=O) groups excluding carboxylic acids is 2. The molecule has 0 unspecified atom stereocenters. The summed E-state index contributed by atoms with van der Waals surface area (Å²) >= 11 is 5.78. The van der Waals surface area contributed by atoms with Crippen molar-refractivity contribution in [2.75, 3.05) is 19.0 Å². The molecule has 7 nitrogen and oxygen atoms in total. The molecule has 2 amide bonds. The molecule has 168 valence electrons. The van der Waals surface area contributed by atoms with E-state index in [0.29, 0.717) is 21.1 Å². The quantitative estimate of drug-likeness (QED) is 0.569. The molecule has 0 saturated carbocycles. The zero-order chi connectivity index (χ0) is 23.5. The Hall–Kier alpha value is -3.53. The molecule has 0 aliphatic heterocycles. The molecule has 2 N–H and O–H groups in total. The van der Waals surface area contributed by atoms with E-state index in [9.17, 15) is 22.8 Å². The minimum absolute atomic E-state index is 0.0741. The molecule has 0 radical (unpaired) electrons. The molecular formula is C21H18ClF3N4O3. The van der Waals surface area contributed by atoms with Crippen LogP contribution in [-0.2, 0) is 11.0 Å². The van der Waals surface area contributed by atoms with Gasteiger partial charge in [-0.3, -0.25) is 9.59 Å². The SMILES string of the molecule is COc1ccc(C)cc1NC(=O)CNC(=O)c1cnn(-c2ccc(Cl)cc2)c1C(F)(F)F. The molecular weight excluding hydrogens is 449 g/mol. The highest BCUT2D eigenvalue weighted by molar-refractivity contribution is 6.30. The van der Waals surface area contributed by atoms with Crippen LogP contribution in [0.2, 0.25) is 5.02 Å². The molecule has 32 heavy (non-hydrogen) atoms. The van der Waals surface area contributed by atoms with Gasteiger partial charge < -0.3 is 15.4 Å². The van der Waals surface area contributed by atoms with Crippen molar-refractivity contribution in [2.45, 2.75) is 13.1 Å². The Kier molecular flexibility index (Phi) is 6.73. The van der Waals surface area contributed by atoms with Gasteiger partial charge in [-0.2, -0.15) is 18.3 Å². The van der Waals surface area contributed by atoms with E-state index in [4.69, 9.17) is 16.3 Å². The fraction of sp³-hybridized carbons (Fsp3) is 0.190. The number of anilines is 1. The van der Waals surface area contributed by atoms with Crippen molar-refractivity contribution in [3.8, 4) is 11.4 Å². The summed E-state index contributed by atoms with van der Waals surface area (Å²) in [5, 5.41) is 8.79. The summed E-state index contributed by atoms with van der Waals surface area (Å²) in [4.78, 5) is 24.7. The van der Waals surface area contributed by atoms with Gasteiger partial charge in [-0.15, -0.1) is 0 Å². The number of aromatic nitrogens is 2. The lowest BCUT2D eigenvalue weighted by Gasteiger charge is -2.13. The minimum Gasteiger partial charge on any atom is -0.495 e. The van der Waals surface area contributed by atoms with Crippen molar-refractivity contribution in [1.29, 1.82) is 0 Å². The first kappa shape index (κ1) is 23.1. The number of rotatable bonds is 6. The second-order valence-electron chi connectivity index (χ2n) is 6.73. The summed E-state index contributed by atoms with van der Waals surface area (Å²) < 4.78 is 46.9. The van der Waals surface area contributed by atoms with Gasteiger partial charge in [0, 0.05) is 5.02 Å². The predicted octanol–water partition coefficient (Wildman–Crippen LogP) is 4.23. The van der Waals surface area contributed by atoms with Crippen molar-refractivity contribution < 1.29 is 27.5 Å². The van der Waals surface area contributed by atoms with E-state index in [2.05, 4.69) is 15.7 Å².